The molecule has 3 N–H and O–H groups in total. The zero-order valence-corrected chi connectivity index (χ0v) is 11.9. The summed E-state index contributed by atoms with van der Waals surface area (Å²) in [4.78, 5) is 16.1. The SMILES string of the molecule is CC(Cc1ccc(F)cc1)NC(=O)c1csc(CN)n1. The number of amides is 1. The van der Waals surface area contributed by atoms with E-state index in [1.165, 1.54) is 23.5 Å². The first-order valence-corrected chi connectivity index (χ1v) is 7.16. The number of aromatic nitrogens is 1. The van der Waals surface area contributed by atoms with Crippen molar-refractivity contribution in [2.24, 2.45) is 5.73 Å². The number of hydrogen-bond acceptors (Lipinski definition) is 4. The maximum Gasteiger partial charge on any atom is 0.270 e. The predicted octanol–water partition coefficient (Wildman–Crippen LogP) is 2.10. The Labute approximate surface area is 120 Å². The van der Waals surface area contributed by atoms with E-state index in [-0.39, 0.29) is 17.8 Å². The van der Waals surface area contributed by atoms with Crippen molar-refractivity contribution in [3.05, 3.63) is 51.7 Å². The number of carbonyl (C=O) groups excluding carboxylic acids is 1. The van der Waals surface area contributed by atoms with Gasteiger partial charge in [0, 0.05) is 18.0 Å². The third-order valence-electron chi connectivity index (χ3n) is 2.79. The van der Waals surface area contributed by atoms with Crippen LogP contribution in [0.1, 0.15) is 28.0 Å². The highest BCUT2D eigenvalue weighted by atomic mass is 32.1. The molecule has 1 amide bonds. The molecular weight excluding hydrogens is 277 g/mol. The van der Waals surface area contributed by atoms with Gasteiger partial charge in [0.1, 0.15) is 16.5 Å². The Morgan fingerprint density at radius 3 is 2.75 bits per heavy atom. The number of nitrogens with zero attached hydrogens (tertiary/aromatic N) is 1. The van der Waals surface area contributed by atoms with Gasteiger partial charge in [-0.25, -0.2) is 9.37 Å². The Balaban J connectivity index is 1.92. The predicted molar refractivity (Wildman–Crippen MR) is 77.0 cm³/mol. The summed E-state index contributed by atoms with van der Waals surface area (Å²) in [7, 11) is 0. The maximum absolute atomic E-state index is 12.8. The maximum atomic E-state index is 12.8. The number of hydrogen-bond donors (Lipinski definition) is 2. The average molecular weight is 293 g/mol. The second kappa shape index (κ2) is 6.58. The van der Waals surface area contributed by atoms with E-state index < -0.39 is 0 Å². The molecule has 1 unspecified atom stereocenters. The number of benzene rings is 1. The first kappa shape index (κ1) is 14.6. The van der Waals surface area contributed by atoms with E-state index >= 15 is 0 Å². The third-order valence-corrected chi connectivity index (χ3v) is 3.66. The molecule has 20 heavy (non-hydrogen) atoms. The molecule has 0 spiro atoms. The standard InChI is InChI=1S/C14H16FN3OS/c1-9(6-10-2-4-11(15)5-3-10)17-14(19)12-8-20-13(7-16)18-12/h2-5,8-9H,6-7,16H2,1H3,(H,17,19). The van der Waals surface area contributed by atoms with E-state index in [4.69, 9.17) is 5.73 Å². The van der Waals surface area contributed by atoms with E-state index in [1.807, 2.05) is 6.92 Å². The van der Waals surface area contributed by atoms with Crippen LogP contribution < -0.4 is 11.1 Å². The Bertz CT molecular complexity index is 582. The molecule has 2 aromatic rings. The summed E-state index contributed by atoms with van der Waals surface area (Å²) in [6.45, 7) is 2.24. The summed E-state index contributed by atoms with van der Waals surface area (Å²) < 4.78 is 12.8. The summed E-state index contributed by atoms with van der Waals surface area (Å²) in [5.41, 5.74) is 6.83. The Hall–Kier alpha value is -1.79. The highest BCUT2D eigenvalue weighted by Crippen LogP contribution is 2.10. The molecule has 0 aliphatic heterocycles. The fraction of sp³-hybridized carbons (Fsp3) is 0.286. The summed E-state index contributed by atoms with van der Waals surface area (Å²) in [6.07, 6.45) is 0.639. The van der Waals surface area contributed by atoms with Crippen molar-refractivity contribution in [2.45, 2.75) is 25.9 Å². The van der Waals surface area contributed by atoms with Gasteiger partial charge in [-0.15, -0.1) is 11.3 Å². The lowest BCUT2D eigenvalue weighted by Crippen LogP contribution is -2.34. The molecular formula is C14H16FN3OS. The minimum atomic E-state index is -0.262. The van der Waals surface area contributed by atoms with E-state index in [2.05, 4.69) is 10.3 Å². The van der Waals surface area contributed by atoms with Crippen LogP contribution in [-0.2, 0) is 13.0 Å². The van der Waals surface area contributed by atoms with Crippen molar-refractivity contribution < 1.29 is 9.18 Å². The van der Waals surface area contributed by atoms with Gasteiger partial charge in [-0.1, -0.05) is 12.1 Å². The first-order chi connectivity index (χ1) is 9.58. The van der Waals surface area contributed by atoms with Crippen molar-refractivity contribution in [1.82, 2.24) is 10.3 Å². The lowest BCUT2D eigenvalue weighted by Gasteiger charge is -2.13. The minimum Gasteiger partial charge on any atom is -0.348 e. The highest BCUT2D eigenvalue weighted by molar-refractivity contribution is 7.09. The van der Waals surface area contributed by atoms with E-state index in [0.29, 0.717) is 18.7 Å². The van der Waals surface area contributed by atoms with Gasteiger partial charge in [-0.05, 0) is 31.0 Å². The molecule has 106 valence electrons. The Kier molecular flexibility index (Phi) is 4.81. The zero-order chi connectivity index (χ0) is 14.5. The minimum absolute atomic E-state index is 0.0593. The first-order valence-electron chi connectivity index (χ1n) is 6.28. The summed E-state index contributed by atoms with van der Waals surface area (Å²) in [5, 5.41) is 5.30. The van der Waals surface area contributed by atoms with Gasteiger partial charge in [0.2, 0.25) is 0 Å². The quantitative estimate of drug-likeness (QED) is 0.887. The Morgan fingerprint density at radius 1 is 1.45 bits per heavy atom. The van der Waals surface area contributed by atoms with Crippen molar-refractivity contribution in [1.29, 1.82) is 0 Å². The molecule has 2 rings (SSSR count). The van der Waals surface area contributed by atoms with Gasteiger partial charge in [0.15, 0.2) is 0 Å². The zero-order valence-electron chi connectivity index (χ0n) is 11.1. The largest absolute Gasteiger partial charge is 0.348 e. The molecule has 1 heterocycles. The molecule has 0 radical (unpaired) electrons. The molecule has 1 aromatic carbocycles. The van der Waals surface area contributed by atoms with Crippen LogP contribution in [0.2, 0.25) is 0 Å². The van der Waals surface area contributed by atoms with Crippen molar-refractivity contribution in [3.63, 3.8) is 0 Å². The normalized spacial score (nSPS) is 12.2. The van der Waals surface area contributed by atoms with Crippen LogP contribution in [0.25, 0.3) is 0 Å². The van der Waals surface area contributed by atoms with E-state index in [9.17, 15) is 9.18 Å². The fourth-order valence-electron chi connectivity index (χ4n) is 1.83. The topological polar surface area (TPSA) is 68.0 Å². The van der Waals surface area contributed by atoms with Crippen LogP contribution in [-0.4, -0.2) is 16.9 Å². The van der Waals surface area contributed by atoms with Gasteiger partial charge < -0.3 is 11.1 Å². The number of carbonyl (C=O) groups is 1. The number of rotatable bonds is 5. The molecule has 0 aliphatic carbocycles. The van der Waals surface area contributed by atoms with E-state index in [0.717, 1.165) is 10.6 Å². The second-order valence-corrected chi connectivity index (χ2v) is 5.48. The number of thiazole rings is 1. The molecule has 0 saturated heterocycles. The van der Waals surface area contributed by atoms with Gasteiger partial charge >= 0.3 is 0 Å². The van der Waals surface area contributed by atoms with Gasteiger partial charge in [0.25, 0.3) is 5.91 Å². The Morgan fingerprint density at radius 2 is 2.15 bits per heavy atom. The third kappa shape index (κ3) is 3.85. The molecule has 0 bridgehead atoms. The summed E-state index contributed by atoms with van der Waals surface area (Å²) in [6, 6.07) is 6.20. The van der Waals surface area contributed by atoms with Crippen LogP contribution in [0.5, 0.6) is 0 Å². The van der Waals surface area contributed by atoms with Crippen LogP contribution in [0.15, 0.2) is 29.6 Å². The number of halogens is 1. The van der Waals surface area contributed by atoms with Gasteiger partial charge in [0.05, 0.1) is 0 Å². The molecule has 1 aromatic heterocycles. The fourth-order valence-corrected chi connectivity index (χ4v) is 2.49. The highest BCUT2D eigenvalue weighted by Gasteiger charge is 2.13. The lowest BCUT2D eigenvalue weighted by atomic mass is 10.1. The van der Waals surface area contributed by atoms with Crippen LogP contribution >= 0.6 is 11.3 Å². The van der Waals surface area contributed by atoms with Gasteiger partial charge in [-0.3, -0.25) is 4.79 Å². The monoisotopic (exact) mass is 293 g/mol. The van der Waals surface area contributed by atoms with Crippen molar-refractivity contribution in [2.75, 3.05) is 0 Å². The molecule has 0 fully saturated rings. The second-order valence-electron chi connectivity index (χ2n) is 4.54. The van der Waals surface area contributed by atoms with E-state index in [1.54, 1.807) is 17.5 Å². The molecule has 1 atom stereocenters. The molecule has 0 aliphatic rings. The molecule has 6 heteroatoms. The van der Waals surface area contributed by atoms with Crippen molar-refractivity contribution in [3.8, 4) is 0 Å². The molecule has 4 nitrogen and oxygen atoms in total. The average Bonchev–Trinajstić information content (AvgIpc) is 2.90. The van der Waals surface area contributed by atoms with Gasteiger partial charge in [-0.2, -0.15) is 0 Å². The van der Waals surface area contributed by atoms with Crippen molar-refractivity contribution >= 4 is 17.2 Å². The smallest absolute Gasteiger partial charge is 0.270 e. The molecule has 0 saturated carbocycles. The summed E-state index contributed by atoms with van der Waals surface area (Å²) in [5.74, 6) is -0.474. The van der Waals surface area contributed by atoms with Crippen LogP contribution in [0.4, 0.5) is 4.39 Å². The number of nitrogens with two attached hydrogens (primary N) is 1. The summed E-state index contributed by atoms with van der Waals surface area (Å²) >= 11 is 1.37. The lowest BCUT2D eigenvalue weighted by molar-refractivity contribution is 0.0935. The van der Waals surface area contributed by atoms with Crippen LogP contribution in [0, 0.1) is 5.82 Å². The number of nitrogens with one attached hydrogen (secondary N) is 1. The van der Waals surface area contributed by atoms with Crippen LogP contribution in [0.3, 0.4) is 0 Å².